The van der Waals surface area contributed by atoms with Gasteiger partial charge in [-0.05, 0) is 38.8 Å². The van der Waals surface area contributed by atoms with Gasteiger partial charge in [-0.25, -0.2) is 4.79 Å². The average Bonchev–Trinajstić information content (AvgIpc) is 2.36. The van der Waals surface area contributed by atoms with Gasteiger partial charge >= 0.3 is 5.97 Å². The van der Waals surface area contributed by atoms with Crippen molar-refractivity contribution in [1.29, 1.82) is 0 Å². The van der Waals surface area contributed by atoms with E-state index < -0.39 is 0 Å². The number of esters is 1. The molecule has 0 spiro atoms. The smallest absolute Gasteiger partial charge is 0.340 e. The lowest BCUT2D eigenvalue weighted by molar-refractivity contribution is 0.0527. The minimum atomic E-state index is -0.361. The highest BCUT2D eigenvalue weighted by Crippen LogP contribution is 2.29. The molecule has 1 rings (SSSR count). The third-order valence-corrected chi connectivity index (χ3v) is 3.07. The number of rotatable bonds is 6. The molecule has 0 bridgehead atoms. The van der Waals surface area contributed by atoms with E-state index >= 15 is 0 Å². The second-order valence-electron chi connectivity index (χ2n) is 5.60. The number of anilines is 2. The second kappa shape index (κ2) is 7.17. The number of nitrogens with two attached hydrogens (primary N) is 1. The Bertz CT molecular complexity index is 456. The number of benzene rings is 1. The Hall–Kier alpha value is -1.71. The fraction of sp³-hybridized carbons (Fsp3) is 0.562. The summed E-state index contributed by atoms with van der Waals surface area (Å²) in [6.07, 6.45) is 0. The summed E-state index contributed by atoms with van der Waals surface area (Å²) >= 11 is 0. The van der Waals surface area contributed by atoms with Crippen LogP contribution in [-0.4, -0.2) is 25.2 Å². The van der Waals surface area contributed by atoms with Crippen LogP contribution in [0.1, 0.15) is 45.0 Å². The van der Waals surface area contributed by atoms with Crippen molar-refractivity contribution >= 4 is 17.3 Å². The normalized spacial score (nSPS) is 10.9. The molecule has 4 nitrogen and oxygen atoms in total. The Morgan fingerprint density at radius 3 is 2.45 bits per heavy atom. The van der Waals surface area contributed by atoms with Gasteiger partial charge in [0, 0.05) is 12.6 Å². The van der Waals surface area contributed by atoms with Crippen LogP contribution >= 0.6 is 0 Å². The van der Waals surface area contributed by atoms with Gasteiger partial charge in [0.15, 0.2) is 0 Å². The first-order valence-electron chi connectivity index (χ1n) is 7.20. The predicted molar refractivity (Wildman–Crippen MR) is 84.1 cm³/mol. The summed E-state index contributed by atoms with van der Waals surface area (Å²) in [7, 11) is 0. The van der Waals surface area contributed by atoms with Crippen molar-refractivity contribution in [3.05, 3.63) is 23.8 Å². The quantitative estimate of drug-likeness (QED) is 0.640. The summed E-state index contributed by atoms with van der Waals surface area (Å²) in [5.41, 5.74) is 8.03. The first-order chi connectivity index (χ1) is 9.38. The zero-order chi connectivity index (χ0) is 15.3. The molecule has 0 unspecified atom stereocenters. The zero-order valence-corrected chi connectivity index (χ0v) is 13.1. The third-order valence-electron chi connectivity index (χ3n) is 3.07. The number of hydrogen-bond donors (Lipinski definition) is 1. The lowest BCUT2D eigenvalue weighted by Crippen LogP contribution is -2.35. The van der Waals surface area contributed by atoms with Crippen molar-refractivity contribution in [3.63, 3.8) is 0 Å². The number of nitrogen functional groups attached to an aromatic ring is 1. The molecule has 0 heterocycles. The van der Waals surface area contributed by atoms with Gasteiger partial charge in [-0.15, -0.1) is 0 Å². The van der Waals surface area contributed by atoms with E-state index in [0.717, 1.165) is 12.2 Å². The summed E-state index contributed by atoms with van der Waals surface area (Å²) in [5.74, 6) is 0.156. The van der Waals surface area contributed by atoms with Crippen molar-refractivity contribution in [1.82, 2.24) is 0 Å². The number of carbonyl (C=O) groups excluding carboxylic acids is 1. The molecule has 0 aliphatic rings. The standard InChI is InChI=1S/C16H26N2O2/c1-6-20-16(19)13-8-7-9-14(15(13)17)18(12(4)5)10-11(2)3/h7-9,11-12H,6,10,17H2,1-5H3. The minimum Gasteiger partial charge on any atom is -0.462 e. The molecule has 1 aromatic rings. The molecule has 0 atom stereocenters. The van der Waals surface area contributed by atoms with Gasteiger partial charge in [0.1, 0.15) is 0 Å². The maximum Gasteiger partial charge on any atom is 0.340 e. The Labute approximate surface area is 121 Å². The fourth-order valence-corrected chi connectivity index (χ4v) is 2.17. The monoisotopic (exact) mass is 278 g/mol. The first-order valence-corrected chi connectivity index (χ1v) is 7.20. The fourth-order valence-electron chi connectivity index (χ4n) is 2.17. The van der Waals surface area contributed by atoms with Gasteiger partial charge in [0.05, 0.1) is 23.5 Å². The minimum absolute atomic E-state index is 0.317. The summed E-state index contributed by atoms with van der Waals surface area (Å²) in [6, 6.07) is 5.84. The number of ether oxygens (including phenoxy) is 1. The Morgan fingerprint density at radius 2 is 1.95 bits per heavy atom. The number of carbonyl (C=O) groups is 1. The highest BCUT2D eigenvalue weighted by atomic mass is 16.5. The molecule has 0 aliphatic heterocycles. The van der Waals surface area contributed by atoms with Crippen LogP contribution in [0.3, 0.4) is 0 Å². The molecule has 0 aromatic heterocycles. The predicted octanol–water partition coefficient (Wildman–Crippen LogP) is 3.32. The van der Waals surface area contributed by atoms with Crippen molar-refractivity contribution in [2.75, 3.05) is 23.8 Å². The molecule has 0 radical (unpaired) electrons. The molecule has 0 saturated heterocycles. The zero-order valence-electron chi connectivity index (χ0n) is 13.1. The first kappa shape index (κ1) is 16.3. The van der Waals surface area contributed by atoms with Crippen molar-refractivity contribution < 1.29 is 9.53 Å². The van der Waals surface area contributed by atoms with Gasteiger partial charge < -0.3 is 15.4 Å². The maximum atomic E-state index is 11.9. The molecule has 0 saturated carbocycles. The molecule has 2 N–H and O–H groups in total. The summed E-state index contributed by atoms with van der Waals surface area (Å²) in [6.45, 7) is 11.6. The maximum absolute atomic E-state index is 11.9. The van der Waals surface area contributed by atoms with Crippen LogP contribution in [0.5, 0.6) is 0 Å². The Morgan fingerprint density at radius 1 is 1.30 bits per heavy atom. The van der Waals surface area contributed by atoms with Crippen LogP contribution in [0, 0.1) is 5.92 Å². The van der Waals surface area contributed by atoms with Gasteiger partial charge in [-0.3, -0.25) is 0 Å². The molecule has 1 aromatic carbocycles. The van der Waals surface area contributed by atoms with Crippen LogP contribution in [0.25, 0.3) is 0 Å². The van der Waals surface area contributed by atoms with Crippen LogP contribution < -0.4 is 10.6 Å². The second-order valence-corrected chi connectivity index (χ2v) is 5.60. The van der Waals surface area contributed by atoms with E-state index in [1.807, 2.05) is 12.1 Å². The van der Waals surface area contributed by atoms with E-state index in [-0.39, 0.29) is 5.97 Å². The number of para-hydroxylation sites is 1. The molecule has 4 heteroatoms. The molecule has 0 fully saturated rings. The van der Waals surface area contributed by atoms with Gasteiger partial charge in [-0.2, -0.15) is 0 Å². The van der Waals surface area contributed by atoms with E-state index in [1.54, 1.807) is 13.0 Å². The largest absolute Gasteiger partial charge is 0.462 e. The Kier molecular flexibility index (Phi) is 5.86. The van der Waals surface area contributed by atoms with Crippen LogP contribution in [0.2, 0.25) is 0 Å². The van der Waals surface area contributed by atoms with Crippen molar-refractivity contribution in [2.45, 2.75) is 40.7 Å². The van der Waals surface area contributed by atoms with Gasteiger partial charge in [0.25, 0.3) is 0 Å². The van der Waals surface area contributed by atoms with E-state index in [4.69, 9.17) is 10.5 Å². The summed E-state index contributed by atoms with van der Waals surface area (Å²) in [4.78, 5) is 14.1. The van der Waals surface area contributed by atoms with Crippen LogP contribution in [0.15, 0.2) is 18.2 Å². The van der Waals surface area contributed by atoms with Gasteiger partial charge in [0.2, 0.25) is 0 Å². The average molecular weight is 278 g/mol. The van der Waals surface area contributed by atoms with Crippen molar-refractivity contribution in [3.8, 4) is 0 Å². The summed E-state index contributed by atoms with van der Waals surface area (Å²) in [5, 5.41) is 0. The molecular formula is C16H26N2O2. The number of nitrogens with zero attached hydrogens (tertiary/aromatic N) is 1. The SMILES string of the molecule is CCOC(=O)c1cccc(N(CC(C)C)C(C)C)c1N. The topological polar surface area (TPSA) is 55.6 Å². The molecule has 20 heavy (non-hydrogen) atoms. The highest BCUT2D eigenvalue weighted by molar-refractivity contribution is 5.98. The van der Waals surface area contributed by atoms with Crippen LogP contribution in [-0.2, 0) is 4.74 Å². The molecule has 0 amide bonds. The Balaban J connectivity index is 3.17. The van der Waals surface area contributed by atoms with Gasteiger partial charge in [-0.1, -0.05) is 19.9 Å². The van der Waals surface area contributed by atoms with E-state index in [9.17, 15) is 4.79 Å². The number of hydrogen-bond acceptors (Lipinski definition) is 4. The van der Waals surface area contributed by atoms with E-state index in [0.29, 0.717) is 29.8 Å². The van der Waals surface area contributed by atoms with Crippen molar-refractivity contribution in [2.24, 2.45) is 5.92 Å². The van der Waals surface area contributed by atoms with E-state index in [1.165, 1.54) is 0 Å². The lowest BCUT2D eigenvalue weighted by atomic mass is 10.1. The molecular weight excluding hydrogens is 252 g/mol. The molecule has 0 aliphatic carbocycles. The molecule has 112 valence electrons. The highest BCUT2D eigenvalue weighted by Gasteiger charge is 2.19. The summed E-state index contributed by atoms with van der Waals surface area (Å²) < 4.78 is 5.05. The third kappa shape index (κ3) is 3.89. The lowest BCUT2D eigenvalue weighted by Gasteiger charge is -2.32. The van der Waals surface area contributed by atoms with E-state index in [2.05, 4.69) is 32.6 Å². The van der Waals surface area contributed by atoms with Crippen LogP contribution in [0.4, 0.5) is 11.4 Å².